The molecule has 4 rings (SSSR count). The maximum atomic E-state index is 14.0. The van der Waals surface area contributed by atoms with Crippen LogP contribution in [0.15, 0.2) is 54.3 Å². The number of carbonyl (C=O) groups excluding carboxylic acids is 1. The lowest BCUT2D eigenvalue weighted by molar-refractivity contribution is -0.139. The summed E-state index contributed by atoms with van der Waals surface area (Å²) >= 11 is 8.02. The van der Waals surface area contributed by atoms with Crippen LogP contribution in [0, 0.1) is 0 Å². The highest BCUT2D eigenvalue weighted by molar-refractivity contribution is 9.13. The van der Waals surface area contributed by atoms with Crippen LogP contribution in [-0.4, -0.2) is 42.6 Å². The maximum absolute atomic E-state index is 14.0. The number of aromatic hydroxyl groups is 1. The third-order valence-corrected chi connectivity index (χ3v) is 9.21. The lowest BCUT2D eigenvalue weighted by Gasteiger charge is -2.25. The van der Waals surface area contributed by atoms with Crippen molar-refractivity contribution in [1.29, 1.82) is 0 Å². The van der Waals surface area contributed by atoms with Crippen molar-refractivity contribution in [2.24, 2.45) is 4.99 Å². The molecule has 9 nitrogen and oxygen atoms in total. The minimum absolute atomic E-state index is 0.0680. The van der Waals surface area contributed by atoms with E-state index in [1.54, 1.807) is 44.2 Å². The van der Waals surface area contributed by atoms with Crippen LogP contribution >= 0.6 is 43.2 Å². The topological polar surface area (TPSA) is 109 Å². The standard InChI is InChI=1S/C28H28Br2N2O7S/c1-7-38-27(35)21-14(4)31-28-32(24(21)15-8-9-17(39-13(2)3)18(10-15)36-5)26(34)20(40-28)12-16-11-19(37-6)25(33)23(30)22(16)29/h8-13,24,33H,7H2,1-6H3/b20-12-/t24-/m1/s1. The molecule has 0 bridgehead atoms. The van der Waals surface area contributed by atoms with Crippen LogP contribution in [0.4, 0.5) is 0 Å². The number of nitrogens with zero attached hydrogens (tertiary/aromatic N) is 2. The summed E-state index contributed by atoms with van der Waals surface area (Å²) in [5, 5.41) is 10.3. The van der Waals surface area contributed by atoms with Gasteiger partial charge in [0.2, 0.25) is 0 Å². The van der Waals surface area contributed by atoms with Gasteiger partial charge in [-0.2, -0.15) is 0 Å². The second-order valence-electron chi connectivity index (χ2n) is 9.02. The second-order valence-corrected chi connectivity index (χ2v) is 11.6. The monoisotopic (exact) mass is 694 g/mol. The zero-order valence-electron chi connectivity index (χ0n) is 22.7. The molecule has 2 heterocycles. The maximum Gasteiger partial charge on any atom is 0.338 e. The zero-order chi connectivity index (χ0) is 29.3. The number of allylic oxidation sites excluding steroid dienone is 1. The highest BCUT2D eigenvalue weighted by Crippen LogP contribution is 2.42. The molecule has 1 aliphatic rings. The number of halogens is 2. The molecule has 0 aliphatic carbocycles. The number of phenols is 1. The normalized spacial score (nSPS) is 15.1. The minimum atomic E-state index is -0.816. The molecule has 0 amide bonds. The minimum Gasteiger partial charge on any atom is -0.503 e. The summed E-state index contributed by atoms with van der Waals surface area (Å²) in [5.41, 5.74) is 1.60. The van der Waals surface area contributed by atoms with Crippen LogP contribution in [0.25, 0.3) is 6.08 Å². The van der Waals surface area contributed by atoms with Gasteiger partial charge in [0.1, 0.15) is 0 Å². The smallest absolute Gasteiger partial charge is 0.338 e. The molecular weight excluding hydrogens is 668 g/mol. The van der Waals surface area contributed by atoms with Crippen molar-refractivity contribution < 1.29 is 28.8 Å². The van der Waals surface area contributed by atoms with Gasteiger partial charge in [-0.3, -0.25) is 9.36 Å². The molecule has 1 N–H and O–H groups in total. The average molecular weight is 696 g/mol. The summed E-state index contributed by atoms with van der Waals surface area (Å²) in [6.07, 6.45) is 1.61. The van der Waals surface area contributed by atoms with Gasteiger partial charge in [0.15, 0.2) is 27.8 Å². The van der Waals surface area contributed by atoms with E-state index in [9.17, 15) is 14.7 Å². The number of hydrogen-bond acceptors (Lipinski definition) is 9. The third-order valence-electron chi connectivity index (χ3n) is 6.06. The van der Waals surface area contributed by atoms with Crippen molar-refractivity contribution in [3.63, 3.8) is 0 Å². The first kappa shape index (κ1) is 29.9. The molecule has 212 valence electrons. The Kier molecular flexibility index (Phi) is 9.11. The van der Waals surface area contributed by atoms with Gasteiger partial charge < -0.3 is 24.1 Å². The first-order valence-corrected chi connectivity index (χ1v) is 14.7. The van der Waals surface area contributed by atoms with E-state index in [1.807, 2.05) is 13.8 Å². The molecule has 0 spiro atoms. The SMILES string of the molecule is CCOC(=O)C1=C(C)N=c2s/c(=C\c3cc(OC)c(O)c(Br)c3Br)c(=O)n2[C@@H]1c1ccc(OC(C)C)c(OC)c1. The van der Waals surface area contributed by atoms with E-state index in [0.717, 1.165) is 0 Å². The number of benzene rings is 2. The second kappa shape index (κ2) is 12.2. The van der Waals surface area contributed by atoms with Crippen LogP contribution in [-0.2, 0) is 9.53 Å². The number of methoxy groups -OCH3 is 2. The third kappa shape index (κ3) is 5.57. The number of rotatable bonds is 8. The average Bonchev–Trinajstić information content (AvgIpc) is 3.22. The fraction of sp³-hybridized carbons (Fsp3) is 0.321. The molecule has 1 aromatic heterocycles. The van der Waals surface area contributed by atoms with Crippen LogP contribution < -0.4 is 29.1 Å². The van der Waals surface area contributed by atoms with Crippen molar-refractivity contribution in [2.45, 2.75) is 39.8 Å². The van der Waals surface area contributed by atoms with Gasteiger partial charge >= 0.3 is 5.97 Å². The summed E-state index contributed by atoms with van der Waals surface area (Å²) < 4.78 is 24.9. The molecule has 12 heteroatoms. The summed E-state index contributed by atoms with van der Waals surface area (Å²) in [6, 6.07) is 6.13. The van der Waals surface area contributed by atoms with Crippen LogP contribution in [0.3, 0.4) is 0 Å². The fourth-order valence-electron chi connectivity index (χ4n) is 4.33. The van der Waals surface area contributed by atoms with Gasteiger partial charge in [-0.1, -0.05) is 17.4 Å². The van der Waals surface area contributed by atoms with E-state index in [-0.39, 0.29) is 35.3 Å². The van der Waals surface area contributed by atoms with Gasteiger partial charge in [-0.25, -0.2) is 9.79 Å². The van der Waals surface area contributed by atoms with E-state index in [0.29, 0.717) is 46.6 Å². The number of fused-ring (bicyclic) bond motifs is 1. The number of ether oxygens (including phenoxy) is 4. The molecule has 0 saturated heterocycles. The molecule has 0 unspecified atom stereocenters. The Morgan fingerprint density at radius 3 is 2.48 bits per heavy atom. The van der Waals surface area contributed by atoms with Crippen molar-refractivity contribution in [2.75, 3.05) is 20.8 Å². The Balaban J connectivity index is 1.98. The Hall–Kier alpha value is -3.09. The first-order chi connectivity index (χ1) is 19.0. The van der Waals surface area contributed by atoms with Gasteiger partial charge in [0.25, 0.3) is 5.56 Å². The molecule has 40 heavy (non-hydrogen) atoms. The van der Waals surface area contributed by atoms with Gasteiger partial charge in [-0.05, 0) is 95.0 Å². The molecule has 0 saturated carbocycles. The van der Waals surface area contributed by atoms with Crippen molar-refractivity contribution in [1.82, 2.24) is 4.57 Å². The van der Waals surface area contributed by atoms with Gasteiger partial charge in [0, 0.05) is 4.47 Å². The van der Waals surface area contributed by atoms with Crippen LogP contribution in [0.1, 0.15) is 44.9 Å². The quantitative estimate of drug-likeness (QED) is 0.337. The molecule has 0 fully saturated rings. The predicted molar refractivity (Wildman–Crippen MR) is 159 cm³/mol. The molecule has 1 aliphatic heterocycles. The van der Waals surface area contributed by atoms with Crippen molar-refractivity contribution >= 4 is 55.2 Å². The molecule has 1 atom stereocenters. The Morgan fingerprint density at radius 1 is 1.15 bits per heavy atom. The molecular formula is C28H28Br2N2O7S. The summed E-state index contributed by atoms with van der Waals surface area (Å²) in [4.78, 5) is 32.2. The predicted octanol–water partition coefficient (Wildman–Crippen LogP) is 4.83. The van der Waals surface area contributed by atoms with E-state index in [4.69, 9.17) is 18.9 Å². The van der Waals surface area contributed by atoms with Crippen molar-refractivity contribution in [3.05, 3.63) is 75.3 Å². The number of carbonyl (C=O) groups is 1. The zero-order valence-corrected chi connectivity index (χ0v) is 26.7. The summed E-state index contributed by atoms with van der Waals surface area (Å²) in [7, 11) is 2.98. The molecule has 3 aromatic rings. The summed E-state index contributed by atoms with van der Waals surface area (Å²) in [5.74, 6) is 0.629. The number of thiazole rings is 1. The number of phenolic OH excluding ortho intramolecular Hbond substituents is 1. The number of hydrogen-bond donors (Lipinski definition) is 1. The van der Waals surface area contributed by atoms with Gasteiger partial charge in [0.05, 0.1) is 53.2 Å². The Bertz CT molecular complexity index is 1690. The summed E-state index contributed by atoms with van der Waals surface area (Å²) in [6.45, 7) is 7.44. The number of esters is 1. The van der Waals surface area contributed by atoms with Crippen LogP contribution in [0.2, 0.25) is 0 Å². The van der Waals surface area contributed by atoms with Crippen LogP contribution in [0.5, 0.6) is 23.0 Å². The lowest BCUT2D eigenvalue weighted by atomic mass is 9.95. The largest absolute Gasteiger partial charge is 0.503 e. The Morgan fingerprint density at radius 2 is 1.85 bits per heavy atom. The number of aromatic nitrogens is 1. The first-order valence-electron chi connectivity index (χ1n) is 12.3. The van der Waals surface area contributed by atoms with E-state index >= 15 is 0 Å². The lowest BCUT2D eigenvalue weighted by Crippen LogP contribution is -2.40. The van der Waals surface area contributed by atoms with E-state index in [1.165, 1.54) is 30.1 Å². The molecule has 0 radical (unpaired) electrons. The van der Waals surface area contributed by atoms with Crippen molar-refractivity contribution in [3.8, 4) is 23.0 Å². The van der Waals surface area contributed by atoms with E-state index in [2.05, 4.69) is 36.9 Å². The van der Waals surface area contributed by atoms with E-state index < -0.39 is 12.0 Å². The highest BCUT2D eigenvalue weighted by atomic mass is 79.9. The highest BCUT2D eigenvalue weighted by Gasteiger charge is 2.34. The van der Waals surface area contributed by atoms with Gasteiger partial charge in [-0.15, -0.1) is 0 Å². The Labute approximate surface area is 251 Å². The molecule has 2 aromatic carbocycles. The fourth-order valence-corrected chi connectivity index (χ4v) is 6.20.